The van der Waals surface area contributed by atoms with E-state index in [1.165, 1.54) is 13.8 Å². The summed E-state index contributed by atoms with van der Waals surface area (Å²) >= 11 is 0. The Morgan fingerprint density at radius 2 is 1.62 bits per heavy atom. The second kappa shape index (κ2) is 5.35. The van der Waals surface area contributed by atoms with E-state index in [2.05, 4.69) is 0 Å². The lowest BCUT2D eigenvalue weighted by molar-refractivity contribution is -0.124. The van der Waals surface area contributed by atoms with Crippen molar-refractivity contribution in [3.05, 3.63) is 35.9 Å². The van der Waals surface area contributed by atoms with Crippen molar-refractivity contribution in [1.82, 2.24) is 0 Å². The van der Waals surface area contributed by atoms with Crippen molar-refractivity contribution < 1.29 is 14.4 Å². The molecule has 0 saturated carbocycles. The van der Waals surface area contributed by atoms with E-state index in [1.807, 2.05) is 0 Å². The molecule has 0 spiro atoms. The molecule has 1 atom stereocenters. The molecule has 0 radical (unpaired) electrons. The van der Waals surface area contributed by atoms with E-state index in [0.717, 1.165) is 0 Å². The van der Waals surface area contributed by atoms with E-state index in [-0.39, 0.29) is 23.8 Å². The van der Waals surface area contributed by atoms with Crippen LogP contribution in [0.1, 0.15) is 30.6 Å². The lowest BCUT2D eigenvalue weighted by Crippen LogP contribution is -2.24. The predicted molar refractivity (Wildman–Crippen MR) is 60.2 cm³/mol. The largest absolute Gasteiger partial charge is 0.300 e. The first-order valence-electron chi connectivity index (χ1n) is 5.11. The SMILES string of the molecule is CC(=O)CC(C(C)=O)C(=O)c1ccccc1. The summed E-state index contributed by atoms with van der Waals surface area (Å²) < 4.78 is 0. The Morgan fingerprint density at radius 3 is 2.06 bits per heavy atom. The van der Waals surface area contributed by atoms with Crippen LogP contribution in [0.25, 0.3) is 0 Å². The average Bonchev–Trinajstić information content (AvgIpc) is 2.25. The van der Waals surface area contributed by atoms with Gasteiger partial charge >= 0.3 is 0 Å². The minimum Gasteiger partial charge on any atom is -0.300 e. The van der Waals surface area contributed by atoms with Crippen molar-refractivity contribution >= 4 is 17.3 Å². The quantitative estimate of drug-likeness (QED) is 0.561. The zero-order valence-corrected chi connectivity index (χ0v) is 9.40. The summed E-state index contributed by atoms with van der Waals surface area (Å²) in [5.41, 5.74) is 0.476. The molecular formula is C13H14O3. The highest BCUT2D eigenvalue weighted by Gasteiger charge is 2.25. The third-order valence-corrected chi connectivity index (χ3v) is 2.36. The molecule has 0 heterocycles. The van der Waals surface area contributed by atoms with Gasteiger partial charge in [0.05, 0.1) is 5.92 Å². The Bertz CT molecular complexity index is 406. The number of Topliss-reactive ketones (excluding diaryl/α,β-unsaturated/α-hetero) is 3. The molecule has 1 aromatic carbocycles. The molecule has 16 heavy (non-hydrogen) atoms. The molecule has 0 aromatic heterocycles. The molecular weight excluding hydrogens is 204 g/mol. The first-order chi connectivity index (χ1) is 7.52. The van der Waals surface area contributed by atoms with Gasteiger partial charge in [-0.2, -0.15) is 0 Å². The first kappa shape index (κ1) is 12.3. The molecule has 84 valence electrons. The summed E-state index contributed by atoms with van der Waals surface area (Å²) in [7, 11) is 0. The summed E-state index contributed by atoms with van der Waals surface area (Å²) in [6.45, 7) is 2.72. The molecule has 0 saturated heterocycles. The zero-order valence-electron chi connectivity index (χ0n) is 9.40. The topological polar surface area (TPSA) is 51.2 Å². The highest BCUT2D eigenvalue weighted by Crippen LogP contribution is 2.14. The second-order valence-corrected chi connectivity index (χ2v) is 3.80. The van der Waals surface area contributed by atoms with Crippen LogP contribution in [-0.4, -0.2) is 17.3 Å². The molecule has 0 aliphatic heterocycles. The molecule has 0 aliphatic rings. The van der Waals surface area contributed by atoms with Crippen molar-refractivity contribution in [1.29, 1.82) is 0 Å². The zero-order chi connectivity index (χ0) is 12.1. The molecule has 1 rings (SSSR count). The lowest BCUT2D eigenvalue weighted by Gasteiger charge is -2.10. The maximum atomic E-state index is 11.9. The fraction of sp³-hybridized carbons (Fsp3) is 0.308. The Kier molecular flexibility index (Phi) is 4.11. The van der Waals surface area contributed by atoms with Crippen LogP contribution in [-0.2, 0) is 9.59 Å². The highest BCUT2D eigenvalue weighted by molar-refractivity contribution is 6.11. The smallest absolute Gasteiger partial charge is 0.173 e. The van der Waals surface area contributed by atoms with Gasteiger partial charge in [-0.05, 0) is 13.8 Å². The van der Waals surface area contributed by atoms with Crippen molar-refractivity contribution in [2.45, 2.75) is 20.3 Å². The number of rotatable bonds is 5. The van der Waals surface area contributed by atoms with E-state index < -0.39 is 5.92 Å². The Morgan fingerprint density at radius 1 is 1.06 bits per heavy atom. The van der Waals surface area contributed by atoms with Crippen molar-refractivity contribution in [2.24, 2.45) is 5.92 Å². The predicted octanol–water partition coefficient (Wildman–Crippen LogP) is 2.05. The van der Waals surface area contributed by atoms with E-state index in [9.17, 15) is 14.4 Å². The summed E-state index contributed by atoms with van der Waals surface area (Å²) in [6.07, 6.45) is -0.0109. The van der Waals surface area contributed by atoms with Crippen LogP contribution >= 0.6 is 0 Å². The Labute approximate surface area is 94.5 Å². The van der Waals surface area contributed by atoms with Crippen molar-refractivity contribution in [2.75, 3.05) is 0 Å². The third-order valence-electron chi connectivity index (χ3n) is 2.36. The fourth-order valence-electron chi connectivity index (χ4n) is 1.51. The van der Waals surface area contributed by atoms with Gasteiger partial charge in [-0.3, -0.25) is 14.4 Å². The van der Waals surface area contributed by atoms with Crippen LogP contribution in [0, 0.1) is 5.92 Å². The van der Waals surface area contributed by atoms with Gasteiger partial charge in [-0.15, -0.1) is 0 Å². The van der Waals surface area contributed by atoms with Gasteiger partial charge in [-0.25, -0.2) is 0 Å². The van der Waals surface area contributed by atoms with Gasteiger partial charge < -0.3 is 0 Å². The van der Waals surface area contributed by atoms with Crippen LogP contribution in [0.2, 0.25) is 0 Å². The monoisotopic (exact) mass is 218 g/mol. The normalized spacial score (nSPS) is 11.9. The van der Waals surface area contributed by atoms with Gasteiger partial charge in [0, 0.05) is 12.0 Å². The average molecular weight is 218 g/mol. The molecule has 0 fully saturated rings. The van der Waals surface area contributed by atoms with Crippen LogP contribution in [0.15, 0.2) is 30.3 Å². The van der Waals surface area contributed by atoms with Crippen molar-refractivity contribution in [3.8, 4) is 0 Å². The van der Waals surface area contributed by atoms with Crippen molar-refractivity contribution in [3.63, 3.8) is 0 Å². The number of ketones is 3. The van der Waals surface area contributed by atoms with E-state index in [0.29, 0.717) is 5.56 Å². The minimum atomic E-state index is -0.833. The first-order valence-corrected chi connectivity index (χ1v) is 5.11. The van der Waals surface area contributed by atoms with Crippen LogP contribution in [0.5, 0.6) is 0 Å². The number of carbonyl (C=O) groups excluding carboxylic acids is 3. The molecule has 3 nitrogen and oxygen atoms in total. The summed E-state index contributed by atoms with van der Waals surface area (Å²) in [6, 6.07) is 8.57. The fourth-order valence-corrected chi connectivity index (χ4v) is 1.51. The number of benzene rings is 1. The number of hydrogen-bond acceptors (Lipinski definition) is 3. The summed E-state index contributed by atoms with van der Waals surface area (Å²) in [5, 5.41) is 0. The van der Waals surface area contributed by atoms with E-state index in [1.54, 1.807) is 30.3 Å². The molecule has 3 heteroatoms. The van der Waals surface area contributed by atoms with Gasteiger partial charge in [0.1, 0.15) is 11.6 Å². The molecule has 0 bridgehead atoms. The maximum absolute atomic E-state index is 11.9. The molecule has 0 N–H and O–H groups in total. The second-order valence-electron chi connectivity index (χ2n) is 3.80. The molecule has 1 aromatic rings. The van der Waals surface area contributed by atoms with Gasteiger partial charge in [0.25, 0.3) is 0 Å². The summed E-state index contributed by atoms with van der Waals surface area (Å²) in [5.74, 6) is -1.52. The molecule has 0 amide bonds. The minimum absolute atomic E-state index is 0.0109. The Balaban J connectivity index is 2.92. The summed E-state index contributed by atoms with van der Waals surface area (Å²) in [4.78, 5) is 34.3. The van der Waals surface area contributed by atoms with Gasteiger partial charge in [0.2, 0.25) is 0 Å². The van der Waals surface area contributed by atoms with Crippen LogP contribution < -0.4 is 0 Å². The lowest BCUT2D eigenvalue weighted by atomic mass is 9.90. The maximum Gasteiger partial charge on any atom is 0.173 e. The number of carbonyl (C=O) groups is 3. The molecule has 1 unspecified atom stereocenters. The van der Waals surface area contributed by atoms with Gasteiger partial charge in [-0.1, -0.05) is 30.3 Å². The van der Waals surface area contributed by atoms with Crippen LogP contribution in [0.4, 0.5) is 0 Å². The molecule has 0 aliphatic carbocycles. The standard InChI is InChI=1S/C13H14O3/c1-9(14)8-12(10(2)15)13(16)11-6-4-3-5-7-11/h3-7,12H,8H2,1-2H3. The van der Waals surface area contributed by atoms with Gasteiger partial charge in [0.15, 0.2) is 5.78 Å². The van der Waals surface area contributed by atoms with E-state index >= 15 is 0 Å². The van der Waals surface area contributed by atoms with Crippen LogP contribution in [0.3, 0.4) is 0 Å². The Hall–Kier alpha value is -1.77. The van der Waals surface area contributed by atoms with E-state index in [4.69, 9.17) is 0 Å². The third kappa shape index (κ3) is 3.12. The highest BCUT2D eigenvalue weighted by atomic mass is 16.2. The number of hydrogen-bond donors (Lipinski definition) is 0.